The summed E-state index contributed by atoms with van der Waals surface area (Å²) < 4.78 is 64.3. The molecule has 10 aliphatic rings. The van der Waals surface area contributed by atoms with Crippen molar-refractivity contribution in [2.24, 2.45) is 50.2 Å². The number of aliphatic hydroxyl groups excluding tert-OH is 14. The van der Waals surface area contributed by atoms with Crippen LogP contribution in [0.1, 0.15) is 99.8 Å². The number of carboxylic acids is 1. The SMILES string of the molecule is CC(=O)OC1C(O)C(OC2C(OC(=O)C34CCC(C)(C)CC3C3=CCC5C6(C)CC(O)C(OC7OC(C(=O)O)C(O)C(O)C7O)C(CO)(CO)C6CCC5(C)C3(C)CC4O)OCC(O)C2O)OC(C)C1OC1OCC(O)C(OC2OCC(O)(CO)C2O)C1O. The number of esters is 2. The first-order valence-electron chi connectivity index (χ1n) is 30.8. The Bertz CT molecular complexity index is 2590. The Kier molecular flexibility index (Phi) is 19.4. The largest absolute Gasteiger partial charge is 0.479 e. The lowest BCUT2D eigenvalue weighted by Crippen LogP contribution is -2.72. The van der Waals surface area contributed by atoms with Gasteiger partial charge in [-0.05, 0) is 97.7 Å². The molecule has 0 amide bonds. The average molecular weight is 1280 g/mol. The number of aliphatic hydroxyl groups is 15. The Morgan fingerprint density at radius 1 is 0.607 bits per heavy atom. The van der Waals surface area contributed by atoms with Crippen molar-refractivity contribution in [3.63, 3.8) is 0 Å². The number of ether oxygens (including phenoxy) is 11. The van der Waals surface area contributed by atoms with E-state index in [1.54, 1.807) is 0 Å². The van der Waals surface area contributed by atoms with E-state index in [1.807, 2.05) is 6.92 Å². The number of aliphatic carboxylic acids is 1. The number of carboxylic acid groups (broad SMARTS) is 1. The molecule has 31 unspecified atom stereocenters. The van der Waals surface area contributed by atoms with Crippen LogP contribution in [0.15, 0.2) is 11.6 Å². The van der Waals surface area contributed by atoms with Crippen molar-refractivity contribution in [3.8, 4) is 0 Å². The van der Waals surface area contributed by atoms with Crippen molar-refractivity contribution >= 4 is 17.9 Å². The molecule has 0 aromatic carbocycles. The molecule has 30 heteroatoms. The monoisotopic (exact) mass is 1280 g/mol. The van der Waals surface area contributed by atoms with E-state index in [4.69, 9.17) is 52.1 Å². The van der Waals surface area contributed by atoms with E-state index in [0.29, 0.717) is 32.1 Å². The molecule has 5 heterocycles. The minimum absolute atomic E-state index is 0.0217. The van der Waals surface area contributed by atoms with E-state index < -0.39 is 243 Å². The first kappa shape index (κ1) is 69.0. The van der Waals surface area contributed by atoms with Crippen LogP contribution in [0.3, 0.4) is 0 Å². The van der Waals surface area contributed by atoms with E-state index in [-0.39, 0.29) is 30.6 Å². The summed E-state index contributed by atoms with van der Waals surface area (Å²) in [6, 6.07) is 0. The second-order valence-electron chi connectivity index (χ2n) is 28.5. The van der Waals surface area contributed by atoms with Gasteiger partial charge in [0.1, 0.15) is 78.2 Å². The van der Waals surface area contributed by atoms with Crippen molar-refractivity contribution in [1.29, 1.82) is 0 Å². The van der Waals surface area contributed by atoms with Gasteiger partial charge in [0, 0.05) is 12.3 Å². The molecule has 31 atom stereocenters. The minimum atomic E-state index is -2.10. The molecule has 0 radical (unpaired) electrons. The molecule has 508 valence electrons. The van der Waals surface area contributed by atoms with Gasteiger partial charge in [0.15, 0.2) is 43.5 Å². The Hall–Kier alpha value is -2.81. The third-order valence-corrected chi connectivity index (χ3v) is 22.9. The van der Waals surface area contributed by atoms with Gasteiger partial charge >= 0.3 is 17.9 Å². The second kappa shape index (κ2) is 25.1. The van der Waals surface area contributed by atoms with Gasteiger partial charge in [0.25, 0.3) is 0 Å². The lowest BCUT2D eigenvalue weighted by atomic mass is 9.33. The highest BCUT2D eigenvalue weighted by atomic mass is 16.8. The van der Waals surface area contributed by atoms with Crippen LogP contribution in [0.2, 0.25) is 0 Å². The number of carbonyl (C=O) groups is 3. The lowest BCUT2D eigenvalue weighted by Gasteiger charge is -2.72. The second-order valence-corrected chi connectivity index (χ2v) is 28.5. The van der Waals surface area contributed by atoms with Crippen LogP contribution in [0.4, 0.5) is 0 Å². The van der Waals surface area contributed by atoms with Gasteiger partial charge in [0.2, 0.25) is 6.29 Å². The Balaban J connectivity index is 0.884. The summed E-state index contributed by atoms with van der Waals surface area (Å²) >= 11 is 0. The van der Waals surface area contributed by atoms with E-state index >= 15 is 4.79 Å². The summed E-state index contributed by atoms with van der Waals surface area (Å²) in [5.41, 5.74) is -7.30. The van der Waals surface area contributed by atoms with Crippen LogP contribution < -0.4 is 0 Å². The van der Waals surface area contributed by atoms with Crippen LogP contribution in [-0.4, -0.2) is 286 Å². The summed E-state index contributed by atoms with van der Waals surface area (Å²) in [5, 5.41) is 177. The van der Waals surface area contributed by atoms with Gasteiger partial charge in [-0.1, -0.05) is 46.3 Å². The van der Waals surface area contributed by atoms with Crippen molar-refractivity contribution in [3.05, 3.63) is 11.6 Å². The van der Waals surface area contributed by atoms with Crippen molar-refractivity contribution in [2.45, 2.75) is 247 Å². The number of fused-ring (bicyclic) bond motifs is 7. The normalized spacial score (nSPS) is 52.0. The van der Waals surface area contributed by atoms with Gasteiger partial charge in [-0.3, -0.25) is 9.59 Å². The minimum Gasteiger partial charge on any atom is -0.479 e. The van der Waals surface area contributed by atoms with Gasteiger partial charge in [-0.2, -0.15) is 0 Å². The predicted octanol–water partition coefficient (Wildman–Crippen LogP) is -4.72. The molecular formula is C59H92O30. The highest BCUT2D eigenvalue weighted by Gasteiger charge is 2.74. The number of hydrogen-bond donors (Lipinski definition) is 16. The van der Waals surface area contributed by atoms with Crippen LogP contribution in [0.5, 0.6) is 0 Å². The standard InChI is InChI=1S/C59H92O30/c1-23-39(84-47-37(72)40(29(66)18-79-47)85-51-44(74)58(78,21-62)22-81-51)41(83-24(2)63)38(73)49(82-23)87-43-33(68)28(65)17-80-50(43)89-52(77)59-13-12-53(3,4)14-26(59)25-8-9-30-54(5)15-27(64)45(88-48-36(71)34(69)35(70)42(86-48)46(75)76)57(19-60,20-61)31(54)10-11-55(30,6)56(25,7)16-32(59)67/h8,23,26-45,47-51,60-62,64-74,78H,9-22H2,1-7H3,(H,75,76). The number of allylic oxidation sites excluding steroid dienone is 2. The molecule has 0 aromatic heterocycles. The molecule has 9 fully saturated rings. The summed E-state index contributed by atoms with van der Waals surface area (Å²) in [4.78, 5) is 40.2. The predicted molar refractivity (Wildman–Crippen MR) is 292 cm³/mol. The Morgan fingerprint density at radius 2 is 1.24 bits per heavy atom. The molecule has 0 aromatic rings. The average Bonchev–Trinajstić information content (AvgIpc) is 0.965. The lowest BCUT2D eigenvalue weighted by molar-refractivity contribution is -0.372. The van der Waals surface area contributed by atoms with E-state index in [1.165, 1.54) is 6.92 Å². The van der Waals surface area contributed by atoms with Crippen LogP contribution >= 0.6 is 0 Å². The molecule has 5 saturated heterocycles. The van der Waals surface area contributed by atoms with E-state index in [0.717, 1.165) is 12.5 Å². The van der Waals surface area contributed by atoms with E-state index in [2.05, 4.69) is 33.8 Å². The van der Waals surface area contributed by atoms with E-state index in [9.17, 15) is 91.3 Å². The molecular weight excluding hydrogens is 1190 g/mol. The zero-order valence-corrected chi connectivity index (χ0v) is 50.9. The fourth-order valence-electron chi connectivity index (χ4n) is 17.7. The summed E-state index contributed by atoms with van der Waals surface area (Å²) in [6.07, 6.45) is -35.6. The Labute approximate surface area is 513 Å². The van der Waals surface area contributed by atoms with Crippen molar-refractivity contribution < 1.29 is 148 Å². The molecule has 4 saturated carbocycles. The van der Waals surface area contributed by atoms with Crippen LogP contribution in [0, 0.1) is 50.2 Å². The maximum atomic E-state index is 15.5. The quantitative estimate of drug-likeness (QED) is 0.0416. The van der Waals surface area contributed by atoms with Gasteiger partial charge in [-0.15, -0.1) is 0 Å². The highest BCUT2D eigenvalue weighted by Crippen LogP contribution is 2.76. The fourth-order valence-corrected chi connectivity index (χ4v) is 17.7. The molecule has 30 nitrogen and oxygen atoms in total. The zero-order chi connectivity index (χ0) is 65.2. The third kappa shape index (κ3) is 11.3. The first-order chi connectivity index (χ1) is 41.6. The van der Waals surface area contributed by atoms with Crippen LogP contribution in [0.25, 0.3) is 0 Å². The molecule has 0 bridgehead atoms. The molecule has 10 rings (SSSR count). The van der Waals surface area contributed by atoms with Gasteiger partial charge < -0.3 is 134 Å². The molecule has 16 N–H and O–H groups in total. The van der Waals surface area contributed by atoms with Gasteiger partial charge in [0.05, 0.1) is 64.1 Å². The topological polar surface area (TPSA) is 476 Å². The third-order valence-electron chi connectivity index (χ3n) is 22.9. The number of hydrogen-bond acceptors (Lipinski definition) is 29. The maximum absolute atomic E-state index is 15.5. The summed E-state index contributed by atoms with van der Waals surface area (Å²) in [5.74, 6) is -5.05. The molecule has 5 aliphatic heterocycles. The zero-order valence-electron chi connectivity index (χ0n) is 50.9. The molecule has 0 spiro atoms. The number of carbonyl (C=O) groups excluding carboxylic acids is 2. The number of rotatable bonds is 15. The molecule has 89 heavy (non-hydrogen) atoms. The fraction of sp³-hybridized carbons (Fsp3) is 0.915. The van der Waals surface area contributed by atoms with Crippen molar-refractivity contribution in [2.75, 3.05) is 39.6 Å². The summed E-state index contributed by atoms with van der Waals surface area (Å²) in [6.45, 7) is 8.75. The summed E-state index contributed by atoms with van der Waals surface area (Å²) in [7, 11) is 0. The smallest absolute Gasteiger partial charge is 0.335 e. The highest BCUT2D eigenvalue weighted by molar-refractivity contribution is 5.80. The first-order valence-corrected chi connectivity index (χ1v) is 30.8. The van der Waals surface area contributed by atoms with Crippen molar-refractivity contribution in [1.82, 2.24) is 0 Å². The maximum Gasteiger partial charge on any atom is 0.335 e. The van der Waals surface area contributed by atoms with Crippen LogP contribution in [-0.2, 0) is 66.5 Å². The molecule has 5 aliphatic carbocycles. The Morgan fingerprint density at radius 3 is 1.88 bits per heavy atom. The van der Waals surface area contributed by atoms with Gasteiger partial charge in [-0.25, -0.2) is 4.79 Å².